The van der Waals surface area contributed by atoms with Gasteiger partial charge in [0.25, 0.3) is 0 Å². The topological polar surface area (TPSA) is 99.0 Å². The zero-order valence-electron chi connectivity index (χ0n) is 12.8. The average Bonchev–Trinajstić information content (AvgIpc) is 3.15. The van der Waals surface area contributed by atoms with Gasteiger partial charge in [0, 0.05) is 12.4 Å². The van der Waals surface area contributed by atoms with Crippen LogP contribution in [0, 0.1) is 6.92 Å². The minimum Gasteiger partial charge on any atom is -0.323 e. The Hall–Kier alpha value is -3.20. The quantitative estimate of drug-likeness (QED) is 0.419. The van der Waals surface area contributed by atoms with E-state index in [9.17, 15) is 0 Å². The Kier molecular flexibility index (Phi) is 3.27. The Bertz CT molecular complexity index is 1040. The molecule has 4 rings (SSSR count). The minimum absolute atomic E-state index is 0.453. The van der Waals surface area contributed by atoms with Crippen LogP contribution in [0.1, 0.15) is 5.69 Å². The molecule has 4 heterocycles. The van der Waals surface area contributed by atoms with E-state index in [1.165, 1.54) is 4.79 Å². The van der Waals surface area contributed by atoms with Gasteiger partial charge in [-0.1, -0.05) is 6.07 Å². The van der Waals surface area contributed by atoms with Crippen LogP contribution in [0.25, 0.3) is 17.0 Å². The smallest absolute Gasteiger partial charge is 0.227 e. The highest BCUT2D eigenvalue weighted by Crippen LogP contribution is 2.20. The highest BCUT2D eigenvalue weighted by Gasteiger charge is 2.13. The number of imidazole rings is 1. The zero-order valence-corrected chi connectivity index (χ0v) is 13.8. The number of rotatable bonds is 3. The molecule has 3 N–H and O–H groups in total. The maximum Gasteiger partial charge on any atom is 0.227 e. The van der Waals surface area contributed by atoms with Crippen LogP contribution < -0.4 is 16.3 Å². The lowest BCUT2D eigenvalue weighted by atomic mass is 10.3. The summed E-state index contributed by atoms with van der Waals surface area (Å²) in [6, 6.07) is 5.84. The summed E-state index contributed by atoms with van der Waals surface area (Å²) in [5, 5.41) is 7.91. The van der Waals surface area contributed by atoms with E-state index in [2.05, 4.69) is 35.6 Å². The molecule has 3 radical (unpaired) electrons. The summed E-state index contributed by atoms with van der Waals surface area (Å²) in [6.07, 6.45) is 7.07. The van der Waals surface area contributed by atoms with Crippen LogP contribution >= 0.6 is 0 Å². The van der Waals surface area contributed by atoms with E-state index in [0.717, 1.165) is 33.6 Å². The summed E-state index contributed by atoms with van der Waals surface area (Å²) in [6.45, 7) is 1.86. The molecule has 0 aliphatic rings. The van der Waals surface area contributed by atoms with Crippen molar-refractivity contribution < 1.29 is 0 Å². The molecule has 0 saturated carbocycles. The zero-order chi connectivity index (χ0) is 16.7. The van der Waals surface area contributed by atoms with E-state index in [0.29, 0.717) is 5.95 Å². The van der Waals surface area contributed by atoms with Crippen LogP contribution in [-0.2, 0) is 0 Å². The largest absolute Gasteiger partial charge is 0.323 e. The Morgan fingerprint density at radius 2 is 2.04 bits per heavy atom. The molecule has 0 fully saturated rings. The maximum absolute atomic E-state index is 5.69. The van der Waals surface area contributed by atoms with Gasteiger partial charge in [0.1, 0.15) is 5.65 Å². The number of nitrogen functional groups attached to an aromatic ring is 1. The minimum atomic E-state index is 0.453. The first-order chi connectivity index (χ1) is 11.6. The number of pyridine rings is 1. The van der Waals surface area contributed by atoms with Gasteiger partial charge in [0.15, 0.2) is 0 Å². The predicted octanol–water partition coefficient (Wildman–Crippen LogP) is 0.547. The second-order valence-electron chi connectivity index (χ2n) is 5.24. The first-order valence-corrected chi connectivity index (χ1v) is 7.71. The molecule has 117 valence electrons. The van der Waals surface area contributed by atoms with Crippen LogP contribution in [0.4, 0.5) is 11.6 Å². The Labute approximate surface area is 140 Å². The van der Waals surface area contributed by atoms with Gasteiger partial charge in [-0.05, 0) is 24.2 Å². The van der Waals surface area contributed by atoms with Gasteiger partial charge in [-0.3, -0.25) is 4.40 Å². The number of fused-ring (bicyclic) bond motifs is 1. The fourth-order valence-electron chi connectivity index (χ4n) is 2.41. The van der Waals surface area contributed by atoms with Crippen LogP contribution in [0.3, 0.4) is 0 Å². The third kappa shape index (κ3) is 2.31. The van der Waals surface area contributed by atoms with E-state index in [1.54, 1.807) is 18.6 Å². The average molecular weight is 333 g/mol. The summed E-state index contributed by atoms with van der Waals surface area (Å²) in [4.78, 5) is 14.6. The predicted molar refractivity (Wildman–Crippen MR) is 92.0 cm³/mol. The van der Waals surface area contributed by atoms with Gasteiger partial charge in [-0.15, -0.1) is 0 Å². The van der Waals surface area contributed by atoms with E-state index in [-0.39, 0.29) is 0 Å². The molecule has 0 aliphatic carbocycles. The van der Waals surface area contributed by atoms with Gasteiger partial charge >= 0.3 is 0 Å². The maximum atomic E-state index is 5.69. The van der Waals surface area contributed by atoms with Gasteiger partial charge in [0.2, 0.25) is 5.95 Å². The molecule has 9 heteroatoms. The Morgan fingerprint density at radius 1 is 1.17 bits per heavy atom. The number of nitrogens with one attached hydrogen (secondary N) is 1. The van der Waals surface area contributed by atoms with Crippen LogP contribution in [0.5, 0.6) is 0 Å². The van der Waals surface area contributed by atoms with Crippen LogP contribution in [0.2, 0.25) is 0 Å². The van der Waals surface area contributed by atoms with Gasteiger partial charge in [0.05, 0.1) is 45.4 Å². The molecule has 4 aromatic heterocycles. The first kappa shape index (κ1) is 14.4. The van der Waals surface area contributed by atoms with E-state index >= 15 is 0 Å². The summed E-state index contributed by atoms with van der Waals surface area (Å²) in [5.41, 5.74) is 4.00. The second kappa shape index (κ2) is 5.46. The van der Waals surface area contributed by atoms with E-state index < -0.39 is 0 Å². The van der Waals surface area contributed by atoms with Crippen molar-refractivity contribution in [1.29, 1.82) is 0 Å². The summed E-state index contributed by atoms with van der Waals surface area (Å²) in [7, 11) is 3.57. The fourth-order valence-corrected chi connectivity index (χ4v) is 2.66. The molecule has 0 aliphatic heterocycles. The number of nitrogens with two attached hydrogens (primary N) is 1. The lowest BCUT2D eigenvalue weighted by Crippen LogP contribution is -2.14. The number of hydrogen-bond donors (Lipinski definition) is 2. The van der Waals surface area contributed by atoms with Crippen molar-refractivity contribution in [2.24, 2.45) is 0 Å². The third-order valence-electron chi connectivity index (χ3n) is 3.74. The number of aromatic nitrogens is 6. The lowest BCUT2D eigenvalue weighted by molar-refractivity contribution is 0.801. The summed E-state index contributed by atoms with van der Waals surface area (Å²) >= 11 is 0. The molecular weight excluding hydrogens is 320 g/mol. The fraction of sp³-hybridized carbons (Fsp3) is 0.0667. The number of nitrogens with zero attached hydrogens (tertiary/aromatic N) is 6. The number of anilines is 2. The molecule has 0 aromatic carbocycles. The monoisotopic (exact) mass is 333 g/mol. The van der Waals surface area contributed by atoms with Crippen molar-refractivity contribution >= 4 is 32.7 Å². The van der Waals surface area contributed by atoms with Gasteiger partial charge in [-0.2, -0.15) is 9.89 Å². The molecule has 0 bridgehead atoms. The van der Waals surface area contributed by atoms with Gasteiger partial charge in [-0.25, -0.2) is 15.0 Å². The molecular formula is C15H13N8Si. The van der Waals surface area contributed by atoms with Crippen molar-refractivity contribution in [2.75, 3.05) is 11.2 Å². The van der Waals surface area contributed by atoms with Crippen molar-refractivity contribution in [2.45, 2.75) is 6.92 Å². The standard InChI is InChI=1S/C15H13N8Si/c1-9-10(6-19-23(9)16)20-15-18-8-12(24)14(21-15)11-7-17-13-4-2-3-5-22(11)13/h2-8H,16H2,1H3,(H,18,20,21). The van der Waals surface area contributed by atoms with E-state index in [1.807, 2.05) is 35.7 Å². The molecule has 24 heavy (non-hydrogen) atoms. The molecule has 0 spiro atoms. The third-order valence-corrected chi connectivity index (χ3v) is 4.11. The Morgan fingerprint density at radius 3 is 2.83 bits per heavy atom. The highest BCUT2D eigenvalue weighted by molar-refractivity contribution is 6.35. The lowest BCUT2D eigenvalue weighted by Gasteiger charge is -2.08. The van der Waals surface area contributed by atoms with Crippen LogP contribution in [0.15, 0.2) is 43.0 Å². The van der Waals surface area contributed by atoms with Crippen molar-refractivity contribution in [3.05, 3.63) is 48.7 Å². The molecule has 0 unspecified atom stereocenters. The van der Waals surface area contributed by atoms with Crippen molar-refractivity contribution in [3.8, 4) is 11.4 Å². The van der Waals surface area contributed by atoms with Crippen molar-refractivity contribution in [1.82, 2.24) is 29.2 Å². The summed E-state index contributed by atoms with van der Waals surface area (Å²) < 4.78 is 1.97. The molecule has 0 amide bonds. The van der Waals surface area contributed by atoms with Gasteiger partial charge < -0.3 is 11.2 Å². The molecule has 0 saturated heterocycles. The Balaban J connectivity index is 1.78. The second-order valence-corrected chi connectivity index (χ2v) is 5.78. The van der Waals surface area contributed by atoms with Crippen molar-refractivity contribution in [3.63, 3.8) is 0 Å². The molecule has 8 nitrogen and oxygen atoms in total. The van der Waals surface area contributed by atoms with Crippen LogP contribution in [-0.4, -0.2) is 39.5 Å². The highest BCUT2D eigenvalue weighted by atomic mass is 28.1. The summed E-state index contributed by atoms with van der Waals surface area (Å²) in [5.74, 6) is 6.15. The van der Waals surface area contributed by atoms with E-state index in [4.69, 9.17) is 5.84 Å². The SMILES string of the molecule is Cc1c(Nc2ncc([Si])c(-c3cnc4ccccn34)n2)cnn1N. The normalized spacial score (nSPS) is 11.1. The molecule has 4 aromatic rings. The molecule has 0 atom stereocenters. The first-order valence-electron chi connectivity index (χ1n) is 7.21. The number of hydrogen-bond acceptors (Lipinski definition) is 6.